The Hall–Kier alpha value is -1.45. The first kappa shape index (κ1) is 27.1. The van der Waals surface area contributed by atoms with E-state index in [-0.39, 0.29) is 0 Å². The van der Waals surface area contributed by atoms with Gasteiger partial charge in [0.05, 0.1) is 0 Å². The van der Waals surface area contributed by atoms with Crippen LogP contribution in [0, 0.1) is 0 Å². The van der Waals surface area contributed by atoms with Gasteiger partial charge in [-0.15, -0.1) is 11.3 Å². The van der Waals surface area contributed by atoms with Crippen molar-refractivity contribution in [1.82, 2.24) is 9.62 Å². The smallest absolute Gasteiger partial charge is 0.252 e. The van der Waals surface area contributed by atoms with Crippen LogP contribution in [-0.4, -0.2) is 44.3 Å². The summed E-state index contributed by atoms with van der Waals surface area (Å²) in [4.78, 5) is 12.4. The Morgan fingerprint density at radius 1 is 1.15 bits per heavy atom. The molecule has 2 heterocycles. The summed E-state index contributed by atoms with van der Waals surface area (Å²) in [5.74, 6) is -0.516. The monoisotopic (exact) mass is 525 g/mol. The Labute approximate surface area is 212 Å². The van der Waals surface area contributed by atoms with E-state index in [0.29, 0.717) is 40.3 Å². The Bertz CT molecular complexity index is 1060. The number of thiophene rings is 1. The maximum atomic E-state index is 13.3. The van der Waals surface area contributed by atoms with E-state index in [1.165, 1.54) is 43.4 Å². The van der Waals surface area contributed by atoms with Crippen molar-refractivity contribution in [2.24, 2.45) is 5.73 Å². The number of hydrogen-bond acceptors (Lipinski definition) is 5. The Morgan fingerprint density at radius 3 is 2.71 bits per heavy atom. The molecule has 9 heteroatoms. The molecule has 1 atom stereocenters. The van der Waals surface area contributed by atoms with Crippen LogP contribution < -0.4 is 11.1 Å². The molecular formula is C25H36ClN3O3S2. The van der Waals surface area contributed by atoms with Crippen molar-refractivity contribution >= 4 is 38.9 Å². The topological polar surface area (TPSA) is 92.5 Å². The summed E-state index contributed by atoms with van der Waals surface area (Å²) in [6.45, 7) is 4.32. The Morgan fingerprint density at radius 2 is 1.94 bits per heavy atom. The van der Waals surface area contributed by atoms with Gasteiger partial charge in [-0.2, -0.15) is 4.31 Å². The van der Waals surface area contributed by atoms with Crippen LogP contribution >= 0.6 is 22.9 Å². The van der Waals surface area contributed by atoms with Crippen molar-refractivity contribution in [1.29, 1.82) is 0 Å². The molecule has 1 aromatic carbocycles. The fourth-order valence-electron chi connectivity index (χ4n) is 4.32. The average molecular weight is 526 g/mol. The summed E-state index contributed by atoms with van der Waals surface area (Å²) in [6, 6.07) is 8.79. The first-order valence-electron chi connectivity index (χ1n) is 12.2. The van der Waals surface area contributed by atoms with Gasteiger partial charge < -0.3 is 11.1 Å². The van der Waals surface area contributed by atoms with E-state index in [9.17, 15) is 13.2 Å². The molecule has 1 fully saturated rings. The van der Waals surface area contributed by atoms with Crippen LogP contribution in [0.3, 0.4) is 0 Å². The third-order valence-electron chi connectivity index (χ3n) is 6.33. The van der Waals surface area contributed by atoms with Crippen molar-refractivity contribution in [2.45, 2.75) is 75.0 Å². The minimum atomic E-state index is -3.53. The predicted octanol–water partition coefficient (Wildman–Crippen LogP) is 5.19. The SMILES string of the molecule is CCCCCCCNC1CCCN(S(=O)(=O)c2ccc(Cc3cc(C(N)=O)ccc3Cl)s2)CC1. The zero-order valence-corrected chi connectivity index (χ0v) is 22.3. The fraction of sp³-hybridized carbons (Fsp3) is 0.560. The number of carbonyl (C=O) groups excluding carboxylic acids is 1. The third-order valence-corrected chi connectivity index (χ3v) is 10.1. The van der Waals surface area contributed by atoms with Crippen molar-refractivity contribution in [3.8, 4) is 0 Å². The molecule has 3 rings (SSSR count). The number of primary amides is 1. The standard InChI is InChI=1S/C25H36ClN3O3S2/c1-2-3-4-5-6-14-28-21-8-7-15-29(16-13-21)34(31,32)24-12-10-22(33-24)18-20-17-19(25(27)30)9-11-23(20)26/h9-12,17,21,28H,2-8,13-16,18H2,1H3,(H2,27,30). The summed E-state index contributed by atoms with van der Waals surface area (Å²) in [7, 11) is -3.53. The lowest BCUT2D eigenvalue weighted by molar-refractivity contribution is 0.1000. The number of sulfonamides is 1. The Kier molecular flexibility index (Phi) is 10.4. The predicted molar refractivity (Wildman–Crippen MR) is 140 cm³/mol. The summed E-state index contributed by atoms with van der Waals surface area (Å²) in [5.41, 5.74) is 6.51. The second kappa shape index (κ2) is 13.0. The molecule has 1 unspecified atom stereocenters. The largest absolute Gasteiger partial charge is 0.366 e. The first-order valence-corrected chi connectivity index (χ1v) is 14.8. The van der Waals surface area contributed by atoms with Crippen molar-refractivity contribution in [2.75, 3.05) is 19.6 Å². The van der Waals surface area contributed by atoms with Gasteiger partial charge in [0.25, 0.3) is 10.0 Å². The fourth-order valence-corrected chi connectivity index (χ4v) is 7.53. The maximum Gasteiger partial charge on any atom is 0.252 e. The van der Waals surface area contributed by atoms with Gasteiger partial charge in [-0.1, -0.05) is 44.2 Å². The Balaban J connectivity index is 1.57. The number of nitrogens with one attached hydrogen (secondary N) is 1. The van der Waals surface area contributed by atoms with Crippen LogP contribution in [0.15, 0.2) is 34.5 Å². The van der Waals surface area contributed by atoms with Crippen molar-refractivity contribution in [3.05, 3.63) is 51.4 Å². The van der Waals surface area contributed by atoms with Gasteiger partial charge in [-0.25, -0.2) is 8.42 Å². The molecule has 1 saturated heterocycles. The van der Waals surface area contributed by atoms with E-state index in [0.717, 1.165) is 36.2 Å². The van der Waals surface area contributed by atoms with Crippen LogP contribution in [0.1, 0.15) is 79.1 Å². The summed E-state index contributed by atoms with van der Waals surface area (Å²) in [6.07, 6.45) is 9.43. The number of halogens is 1. The van der Waals surface area contributed by atoms with E-state index in [2.05, 4.69) is 12.2 Å². The third kappa shape index (κ3) is 7.52. The van der Waals surface area contributed by atoms with Crippen LogP contribution in [0.25, 0.3) is 0 Å². The van der Waals surface area contributed by atoms with Crippen LogP contribution in [-0.2, 0) is 16.4 Å². The zero-order valence-electron chi connectivity index (χ0n) is 19.9. The van der Waals surface area contributed by atoms with Crippen molar-refractivity contribution in [3.63, 3.8) is 0 Å². The number of rotatable bonds is 12. The number of nitrogens with two attached hydrogens (primary N) is 1. The molecule has 34 heavy (non-hydrogen) atoms. The molecule has 1 amide bonds. The van der Waals surface area contributed by atoms with E-state index in [1.807, 2.05) is 6.07 Å². The molecule has 2 aromatic rings. The van der Waals surface area contributed by atoms with Crippen LogP contribution in [0.4, 0.5) is 0 Å². The summed E-state index contributed by atoms with van der Waals surface area (Å²) in [5, 5.41) is 4.16. The normalized spacial score (nSPS) is 17.5. The molecule has 0 aliphatic carbocycles. The number of amides is 1. The molecule has 6 nitrogen and oxygen atoms in total. The molecule has 0 bridgehead atoms. The quantitative estimate of drug-likeness (QED) is 0.373. The van der Waals surface area contributed by atoms with E-state index >= 15 is 0 Å². The second-order valence-corrected chi connectivity index (χ2v) is 12.7. The molecular weight excluding hydrogens is 490 g/mol. The molecule has 0 saturated carbocycles. The molecule has 1 aliphatic heterocycles. The van der Waals surface area contributed by atoms with E-state index in [1.54, 1.807) is 28.6 Å². The van der Waals surface area contributed by atoms with Crippen molar-refractivity contribution < 1.29 is 13.2 Å². The summed E-state index contributed by atoms with van der Waals surface area (Å²) >= 11 is 7.55. The number of benzene rings is 1. The zero-order chi connectivity index (χ0) is 24.6. The van der Waals surface area contributed by atoms with Crippen LogP contribution in [0.5, 0.6) is 0 Å². The van der Waals surface area contributed by atoms with Gasteiger partial charge in [0, 0.05) is 41.0 Å². The van der Waals surface area contributed by atoms with Gasteiger partial charge in [-0.05, 0) is 68.1 Å². The minimum absolute atomic E-state index is 0.354. The highest BCUT2D eigenvalue weighted by Gasteiger charge is 2.28. The molecule has 1 aliphatic rings. The number of hydrogen-bond donors (Lipinski definition) is 2. The van der Waals surface area contributed by atoms with Gasteiger partial charge in [0.1, 0.15) is 4.21 Å². The van der Waals surface area contributed by atoms with Gasteiger partial charge >= 0.3 is 0 Å². The lowest BCUT2D eigenvalue weighted by Crippen LogP contribution is -2.34. The summed E-state index contributed by atoms with van der Waals surface area (Å²) < 4.78 is 28.6. The number of nitrogens with zero attached hydrogens (tertiary/aromatic N) is 1. The highest BCUT2D eigenvalue weighted by Crippen LogP contribution is 2.30. The van der Waals surface area contributed by atoms with Crippen LogP contribution in [0.2, 0.25) is 5.02 Å². The van der Waals surface area contributed by atoms with Gasteiger partial charge in [0.15, 0.2) is 0 Å². The molecule has 0 spiro atoms. The highest BCUT2D eigenvalue weighted by atomic mass is 35.5. The molecule has 188 valence electrons. The van der Waals surface area contributed by atoms with Gasteiger partial charge in [0.2, 0.25) is 5.91 Å². The first-order chi connectivity index (χ1) is 16.3. The molecule has 0 radical (unpaired) electrons. The second-order valence-electron chi connectivity index (χ2n) is 8.97. The number of unbranched alkanes of at least 4 members (excludes halogenated alkanes) is 4. The average Bonchev–Trinajstić information content (AvgIpc) is 3.15. The minimum Gasteiger partial charge on any atom is -0.366 e. The van der Waals surface area contributed by atoms with Gasteiger partial charge in [-0.3, -0.25) is 4.79 Å². The maximum absolute atomic E-state index is 13.3. The lowest BCUT2D eigenvalue weighted by atomic mass is 10.1. The number of carbonyl (C=O) groups is 1. The lowest BCUT2D eigenvalue weighted by Gasteiger charge is -2.19. The highest BCUT2D eigenvalue weighted by molar-refractivity contribution is 7.91. The molecule has 1 aromatic heterocycles. The molecule has 3 N–H and O–H groups in total. The van der Waals surface area contributed by atoms with E-state index < -0.39 is 15.9 Å². The van der Waals surface area contributed by atoms with E-state index in [4.69, 9.17) is 17.3 Å².